The van der Waals surface area contributed by atoms with Crippen molar-refractivity contribution in [3.05, 3.63) is 47.5 Å². The predicted octanol–water partition coefficient (Wildman–Crippen LogP) is 4.47. The van der Waals surface area contributed by atoms with Gasteiger partial charge in [0.25, 0.3) is 0 Å². The van der Waals surface area contributed by atoms with E-state index in [2.05, 4.69) is 15.7 Å². The minimum atomic E-state index is -1.10. The van der Waals surface area contributed by atoms with Crippen molar-refractivity contribution in [1.82, 2.24) is 40.0 Å². The molecule has 2 aromatic heterocycles. The van der Waals surface area contributed by atoms with Crippen LogP contribution in [0.1, 0.15) is 83.3 Å². The highest BCUT2D eigenvalue weighted by Crippen LogP contribution is 2.38. The molecule has 1 unspecified atom stereocenters. The first-order valence-corrected chi connectivity index (χ1v) is 22.0. The standard InChI is InChI=1S/C45H58N10O10/c1-44(2,3)64-42(61)52-16-13-28(34(56)23-52)25-9-11-31-32(19-25)51(7)49-38(31)55-22-27(39(58)47-41(55)60)21-45(4,5)65-43(62)53-17-14-29(35(24-53)63-8)26-10-12-30-33(20-26)50(6)48-37(30)54-18-15-36(57)46-40(54)59/h9-12,19-20,27-29,34-35,56H,13-18,21-24H2,1-8H3,(H,46,57,59)(H,47,58,60)/t27?,28-,29-,34-,35-/m0/s1. The lowest BCUT2D eigenvalue weighted by Crippen LogP contribution is -2.56. The summed E-state index contributed by atoms with van der Waals surface area (Å²) in [5.74, 6) is -0.987. The van der Waals surface area contributed by atoms with Crippen LogP contribution >= 0.6 is 0 Å². The summed E-state index contributed by atoms with van der Waals surface area (Å²) < 4.78 is 20.9. The van der Waals surface area contributed by atoms with Crippen LogP contribution in [-0.2, 0) is 37.9 Å². The number of carbonyl (C=O) groups excluding carboxylic acids is 6. The van der Waals surface area contributed by atoms with Gasteiger partial charge >= 0.3 is 24.2 Å². The average molecular weight is 899 g/mol. The van der Waals surface area contributed by atoms with Gasteiger partial charge in [-0.25, -0.2) is 19.2 Å². The van der Waals surface area contributed by atoms with Crippen LogP contribution < -0.4 is 20.4 Å². The zero-order chi connectivity index (χ0) is 46.7. The molecule has 65 heavy (non-hydrogen) atoms. The Kier molecular flexibility index (Phi) is 12.0. The molecule has 4 fully saturated rings. The van der Waals surface area contributed by atoms with Crippen molar-refractivity contribution < 1.29 is 48.1 Å². The van der Waals surface area contributed by atoms with Crippen LogP contribution in [0.25, 0.3) is 21.8 Å². The van der Waals surface area contributed by atoms with Crippen LogP contribution in [0.15, 0.2) is 36.4 Å². The zero-order valence-electron chi connectivity index (χ0n) is 38.1. The lowest BCUT2D eigenvalue weighted by Gasteiger charge is -2.40. The highest BCUT2D eigenvalue weighted by Gasteiger charge is 2.42. The number of β-amino-alcohol motifs (C(OH)–C–C–N with tert-alkyl or cyclic N) is 1. The summed E-state index contributed by atoms with van der Waals surface area (Å²) in [5, 5.41) is 26.7. The minimum absolute atomic E-state index is 0.00585. The number of hydrogen-bond acceptors (Lipinski definition) is 12. The maximum atomic E-state index is 13.8. The van der Waals surface area contributed by atoms with Gasteiger partial charge in [0.05, 0.1) is 42.2 Å². The number of urea groups is 2. The van der Waals surface area contributed by atoms with Gasteiger partial charge in [0.1, 0.15) is 11.2 Å². The van der Waals surface area contributed by atoms with E-state index in [-0.39, 0.29) is 62.9 Å². The minimum Gasteiger partial charge on any atom is -0.444 e. The topological polar surface area (TPSA) is 223 Å². The van der Waals surface area contributed by atoms with Crippen LogP contribution in [0.5, 0.6) is 0 Å². The third-order valence-electron chi connectivity index (χ3n) is 12.8. The van der Waals surface area contributed by atoms with Gasteiger partial charge in [0.2, 0.25) is 11.8 Å². The third-order valence-corrected chi connectivity index (χ3v) is 12.8. The number of hydrogen-bond donors (Lipinski definition) is 3. The fourth-order valence-corrected chi connectivity index (χ4v) is 9.59. The summed E-state index contributed by atoms with van der Waals surface area (Å²) in [4.78, 5) is 83.5. The Bertz CT molecular complexity index is 2560. The molecule has 4 aliphatic heterocycles. The fraction of sp³-hybridized carbons (Fsp3) is 0.556. The summed E-state index contributed by atoms with van der Waals surface area (Å²) in [6.07, 6.45) is -0.766. The second-order valence-corrected chi connectivity index (χ2v) is 19.1. The molecule has 348 valence electrons. The number of nitrogens with one attached hydrogen (secondary N) is 2. The van der Waals surface area contributed by atoms with Crippen molar-refractivity contribution in [2.24, 2.45) is 20.0 Å². The van der Waals surface area contributed by atoms with Gasteiger partial charge < -0.3 is 29.1 Å². The zero-order valence-corrected chi connectivity index (χ0v) is 38.1. The number of aliphatic hydroxyl groups excluding tert-OH is 1. The molecule has 8 amide bonds. The second-order valence-electron chi connectivity index (χ2n) is 19.1. The molecule has 2 aromatic carbocycles. The molecule has 0 bridgehead atoms. The first-order chi connectivity index (χ1) is 30.7. The Morgan fingerprint density at radius 2 is 1.29 bits per heavy atom. The molecule has 20 nitrogen and oxygen atoms in total. The number of aliphatic hydroxyl groups is 1. The van der Waals surface area contributed by atoms with Gasteiger partial charge in [-0.2, -0.15) is 10.2 Å². The van der Waals surface area contributed by atoms with Gasteiger partial charge in [-0.05, 0) is 82.9 Å². The number of imide groups is 2. The normalized spacial score (nSPS) is 23.6. The van der Waals surface area contributed by atoms with Crippen LogP contribution in [0.4, 0.5) is 30.8 Å². The van der Waals surface area contributed by atoms with Crippen molar-refractivity contribution in [2.75, 3.05) is 56.2 Å². The Morgan fingerprint density at radius 1 is 0.738 bits per heavy atom. The molecule has 4 saturated heterocycles. The molecule has 0 spiro atoms. The number of carbonyl (C=O) groups is 6. The Balaban J connectivity index is 0.901. The number of fused-ring (bicyclic) bond motifs is 2. The number of benzene rings is 2. The van der Waals surface area contributed by atoms with Gasteiger partial charge in [-0.3, -0.25) is 39.4 Å². The van der Waals surface area contributed by atoms with Crippen molar-refractivity contribution in [2.45, 2.75) is 95.5 Å². The van der Waals surface area contributed by atoms with E-state index in [4.69, 9.17) is 19.3 Å². The molecule has 6 heterocycles. The first kappa shape index (κ1) is 45.3. The molecule has 4 aliphatic rings. The van der Waals surface area contributed by atoms with Crippen molar-refractivity contribution >= 4 is 69.5 Å². The second kappa shape index (κ2) is 17.3. The van der Waals surface area contributed by atoms with E-state index >= 15 is 0 Å². The summed E-state index contributed by atoms with van der Waals surface area (Å²) in [7, 11) is 5.17. The van der Waals surface area contributed by atoms with E-state index in [1.807, 2.05) is 36.4 Å². The molecule has 4 aromatic rings. The number of rotatable bonds is 8. The summed E-state index contributed by atoms with van der Waals surface area (Å²) >= 11 is 0. The number of aryl methyl sites for hydroxylation is 2. The molecule has 8 rings (SSSR count). The Labute approximate surface area is 376 Å². The van der Waals surface area contributed by atoms with Gasteiger partial charge in [0, 0.05) is 82.8 Å². The fourth-order valence-electron chi connectivity index (χ4n) is 9.59. The largest absolute Gasteiger partial charge is 0.444 e. The van der Waals surface area contributed by atoms with E-state index in [0.717, 1.165) is 27.5 Å². The maximum absolute atomic E-state index is 13.8. The van der Waals surface area contributed by atoms with E-state index in [0.29, 0.717) is 43.0 Å². The SMILES string of the molecule is CO[C@H]1CN(C(=O)OC(C)(C)CC2CN(c3nn(C)c4cc([C@@H]5CCN(C(=O)OC(C)(C)C)C[C@@H]5O)ccc34)C(=O)NC2=O)CC[C@H]1c1ccc2c(N3CCC(=O)NC3=O)nn(C)c2c1. The molecule has 0 radical (unpaired) electrons. The van der Waals surface area contributed by atoms with E-state index in [1.54, 1.807) is 70.1 Å². The number of aromatic nitrogens is 4. The van der Waals surface area contributed by atoms with E-state index in [9.17, 15) is 33.9 Å². The van der Waals surface area contributed by atoms with E-state index < -0.39 is 53.4 Å². The molecule has 3 N–H and O–H groups in total. The van der Waals surface area contributed by atoms with Gasteiger partial charge in [0.15, 0.2) is 11.6 Å². The van der Waals surface area contributed by atoms with Crippen LogP contribution in [0.3, 0.4) is 0 Å². The number of amides is 8. The van der Waals surface area contributed by atoms with Crippen LogP contribution in [-0.4, -0.2) is 140 Å². The predicted molar refractivity (Wildman–Crippen MR) is 237 cm³/mol. The lowest BCUT2D eigenvalue weighted by atomic mass is 9.86. The molecular formula is C45H58N10O10. The van der Waals surface area contributed by atoms with Crippen molar-refractivity contribution in [3.63, 3.8) is 0 Å². The highest BCUT2D eigenvalue weighted by atomic mass is 16.6. The van der Waals surface area contributed by atoms with Crippen LogP contribution in [0.2, 0.25) is 0 Å². The summed E-state index contributed by atoms with van der Waals surface area (Å²) in [5.41, 5.74) is 1.65. The summed E-state index contributed by atoms with van der Waals surface area (Å²) in [6, 6.07) is 10.5. The van der Waals surface area contributed by atoms with Crippen molar-refractivity contribution in [1.29, 1.82) is 0 Å². The van der Waals surface area contributed by atoms with E-state index in [1.165, 1.54) is 14.7 Å². The number of likely N-dealkylation sites (tertiary alicyclic amines) is 2. The lowest BCUT2D eigenvalue weighted by molar-refractivity contribution is -0.126. The average Bonchev–Trinajstić information content (AvgIpc) is 3.75. The van der Waals surface area contributed by atoms with Crippen LogP contribution in [0, 0.1) is 5.92 Å². The number of anilines is 2. The monoisotopic (exact) mass is 898 g/mol. The number of methoxy groups -OCH3 is 1. The third kappa shape index (κ3) is 9.18. The molecule has 0 aliphatic carbocycles. The molecule has 20 heteroatoms. The first-order valence-electron chi connectivity index (χ1n) is 22.0. The van der Waals surface area contributed by atoms with Gasteiger partial charge in [-0.1, -0.05) is 12.1 Å². The molecule has 5 atom stereocenters. The highest BCUT2D eigenvalue weighted by molar-refractivity contribution is 6.10. The molecule has 0 saturated carbocycles. The smallest absolute Gasteiger partial charge is 0.410 e. The molecular weight excluding hydrogens is 841 g/mol. The Hall–Kier alpha value is -6.28. The van der Waals surface area contributed by atoms with Gasteiger partial charge in [-0.15, -0.1) is 0 Å². The summed E-state index contributed by atoms with van der Waals surface area (Å²) in [6.45, 7) is 10.3. The number of nitrogens with zero attached hydrogens (tertiary/aromatic N) is 8. The Morgan fingerprint density at radius 3 is 1.88 bits per heavy atom. The quantitative estimate of drug-likeness (QED) is 0.223. The van der Waals surface area contributed by atoms with Crippen molar-refractivity contribution in [3.8, 4) is 0 Å². The number of piperidine rings is 2. The number of ether oxygens (including phenoxy) is 3. The maximum Gasteiger partial charge on any atom is 0.410 e.